The molecule has 0 aliphatic rings. The number of benzene rings is 8. The van der Waals surface area contributed by atoms with Gasteiger partial charge in [0, 0.05) is 43.4 Å². The monoisotopic (exact) mass is 699 g/mol. The molecule has 0 N–H and O–H groups in total. The highest BCUT2D eigenvalue weighted by molar-refractivity contribution is 6.14. The van der Waals surface area contributed by atoms with Gasteiger partial charge >= 0.3 is 0 Å². The van der Waals surface area contributed by atoms with E-state index in [9.17, 15) is 5.26 Å². The fourth-order valence-corrected chi connectivity index (χ4v) is 8.85. The van der Waals surface area contributed by atoms with Crippen molar-refractivity contribution in [3.05, 3.63) is 193 Å². The van der Waals surface area contributed by atoms with Crippen molar-refractivity contribution in [3.63, 3.8) is 0 Å². The van der Waals surface area contributed by atoms with Gasteiger partial charge in [0.15, 0.2) is 5.69 Å². The SMILES string of the molecule is [C-]#[N+]c1ccc(-c2ccc(-n3c4ccccc4c4ccccc43)c(-n3c4ccccc4c4ccccc43)c2-n2c3ccccc3c3ccccc32)c(C#N)c1. The van der Waals surface area contributed by atoms with Gasteiger partial charge < -0.3 is 13.7 Å². The summed E-state index contributed by atoms with van der Waals surface area (Å²) in [5, 5.41) is 17.6. The summed E-state index contributed by atoms with van der Waals surface area (Å²) in [6, 6.07) is 64.0. The van der Waals surface area contributed by atoms with Crippen LogP contribution in [0.5, 0.6) is 0 Å². The van der Waals surface area contributed by atoms with E-state index < -0.39 is 0 Å². The molecule has 0 saturated heterocycles. The van der Waals surface area contributed by atoms with E-state index in [1.165, 1.54) is 10.8 Å². The molecule has 0 bridgehead atoms. The van der Waals surface area contributed by atoms with Crippen LogP contribution in [0.2, 0.25) is 0 Å². The predicted molar refractivity (Wildman–Crippen MR) is 226 cm³/mol. The molecule has 0 aliphatic heterocycles. The molecule has 0 saturated carbocycles. The van der Waals surface area contributed by atoms with Gasteiger partial charge in [-0.2, -0.15) is 5.26 Å². The first-order valence-corrected chi connectivity index (χ1v) is 18.3. The van der Waals surface area contributed by atoms with Gasteiger partial charge in [0.2, 0.25) is 0 Å². The lowest BCUT2D eigenvalue weighted by Gasteiger charge is -2.25. The maximum Gasteiger partial charge on any atom is 0.188 e. The molecule has 3 heterocycles. The normalized spacial score (nSPS) is 11.6. The highest BCUT2D eigenvalue weighted by atomic mass is 15.1. The fraction of sp³-hybridized carbons (Fsp3) is 0. The van der Waals surface area contributed by atoms with Crippen LogP contribution in [0.15, 0.2) is 176 Å². The van der Waals surface area contributed by atoms with Gasteiger partial charge in [0.05, 0.1) is 62.8 Å². The van der Waals surface area contributed by atoms with Crippen LogP contribution in [-0.4, -0.2) is 13.7 Å². The van der Waals surface area contributed by atoms with Crippen LogP contribution in [0.1, 0.15) is 5.56 Å². The zero-order valence-corrected chi connectivity index (χ0v) is 29.5. The van der Waals surface area contributed by atoms with Crippen LogP contribution < -0.4 is 0 Å². The first-order chi connectivity index (χ1) is 27.2. The molecule has 0 atom stereocenters. The molecule has 254 valence electrons. The van der Waals surface area contributed by atoms with E-state index in [4.69, 9.17) is 6.57 Å². The number of fused-ring (bicyclic) bond motifs is 9. The summed E-state index contributed by atoms with van der Waals surface area (Å²) in [6.07, 6.45) is 0. The van der Waals surface area contributed by atoms with E-state index in [0.717, 1.165) is 82.8 Å². The number of nitriles is 1. The minimum Gasteiger partial charge on any atom is -0.307 e. The molecule has 11 aromatic rings. The Morgan fingerprint density at radius 1 is 0.400 bits per heavy atom. The van der Waals surface area contributed by atoms with Gasteiger partial charge in [-0.3, -0.25) is 0 Å². The number of nitrogens with zero attached hydrogens (tertiary/aromatic N) is 5. The second kappa shape index (κ2) is 11.8. The lowest BCUT2D eigenvalue weighted by atomic mass is 9.95. The quantitative estimate of drug-likeness (QED) is 0.169. The Morgan fingerprint density at radius 3 is 1.16 bits per heavy atom. The van der Waals surface area contributed by atoms with Crippen molar-refractivity contribution in [2.24, 2.45) is 0 Å². The van der Waals surface area contributed by atoms with Crippen molar-refractivity contribution in [2.75, 3.05) is 0 Å². The first-order valence-electron chi connectivity index (χ1n) is 18.3. The van der Waals surface area contributed by atoms with Crippen molar-refractivity contribution in [2.45, 2.75) is 0 Å². The highest BCUT2D eigenvalue weighted by Gasteiger charge is 2.28. The number of aromatic nitrogens is 3. The van der Waals surface area contributed by atoms with Gasteiger partial charge in [-0.15, -0.1) is 0 Å². The highest BCUT2D eigenvalue weighted by Crippen LogP contribution is 2.46. The molecule has 3 aromatic heterocycles. The average Bonchev–Trinajstić information content (AvgIpc) is 3.89. The van der Waals surface area contributed by atoms with E-state index >= 15 is 0 Å². The summed E-state index contributed by atoms with van der Waals surface area (Å²) in [6.45, 7) is 7.75. The van der Waals surface area contributed by atoms with Crippen molar-refractivity contribution >= 4 is 71.1 Å². The largest absolute Gasteiger partial charge is 0.307 e. The van der Waals surface area contributed by atoms with Crippen LogP contribution >= 0.6 is 0 Å². The second-order valence-corrected chi connectivity index (χ2v) is 13.9. The van der Waals surface area contributed by atoms with Gasteiger partial charge in [-0.05, 0) is 60.2 Å². The molecular weight excluding hydrogens is 671 g/mol. The summed E-state index contributed by atoms with van der Waals surface area (Å²) in [4.78, 5) is 3.69. The molecule has 0 unspecified atom stereocenters. The fourth-order valence-electron chi connectivity index (χ4n) is 8.85. The molecule has 0 fully saturated rings. The summed E-state index contributed by atoms with van der Waals surface area (Å²) in [5.74, 6) is 0. The maximum atomic E-state index is 10.7. The number of rotatable bonds is 4. The van der Waals surface area contributed by atoms with Gasteiger partial charge in [-0.1, -0.05) is 121 Å². The number of hydrogen-bond donors (Lipinski definition) is 0. The molecule has 55 heavy (non-hydrogen) atoms. The second-order valence-electron chi connectivity index (χ2n) is 13.9. The minimum atomic E-state index is 0.434. The van der Waals surface area contributed by atoms with Crippen LogP contribution in [0.4, 0.5) is 5.69 Å². The maximum absolute atomic E-state index is 10.7. The predicted octanol–water partition coefficient (Wildman–Crippen LogP) is 13.1. The van der Waals surface area contributed by atoms with E-state index in [0.29, 0.717) is 11.3 Å². The van der Waals surface area contributed by atoms with Gasteiger partial charge in [0.25, 0.3) is 0 Å². The Kier molecular flexibility index (Phi) is 6.61. The van der Waals surface area contributed by atoms with Crippen LogP contribution in [0.25, 0.3) is 98.5 Å². The Morgan fingerprint density at radius 2 is 0.764 bits per heavy atom. The zero-order chi connectivity index (χ0) is 36.6. The van der Waals surface area contributed by atoms with Gasteiger partial charge in [0.1, 0.15) is 0 Å². The Labute approximate surface area is 316 Å². The summed E-state index contributed by atoms with van der Waals surface area (Å²) in [5.41, 5.74) is 11.9. The van der Waals surface area contributed by atoms with Crippen LogP contribution in [-0.2, 0) is 0 Å². The van der Waals surface area contributed by atoms with Gasteiger partial charge in [-0.25, -0.2) is 4.85 Å². The number of hydrogen-bond acceptors (Lipinski definition) is 1. The van der Waals surface area contributed by atoms with E-state index in [2.05, 4.69) is 182 Å². The molecule has 5 heteroatoms. The van der Waals surface area contributed by atoms with Crippen molar-refractivity contribution in [3.8, 4) is 34.3 Å². The van der Waals surface area contributed by atoms with Crippen molar-refractivity contribution in [1.82, 2.24) is 13.7 Å². The molecule has 5 nitrogen and oxygen atoms in total. The Balaban J connectivity index is 1.45. The summed E-state index contributed by atoms with van der Waals surface area (Å²) < 4.78 is 7.21. The smallest absolute Gasteiger partial charge is 0.188 e. The van der Waals surface area contributed by atoms with Crippen molar-refractivity contribution < 1.29 is 0 Å². The van der Waals surface area contributed by atoms with Crippen LogP contribution in [0, 0.1) is 17.9 Å². The lowest BCUT2D eigenvalue weighted by molar-refractivity contribution is 1.05. The molecule has 0 aliphatic carbocycles. The Bertz CT molecular complexity index is 3310. The summed E-state index contributed by atoms with van der Waals surface area (Å²) in [7, 11) is 0. The summed E-state index contributed by atoms with van der Waals surface area (Å²) >= 11 is 0. The van der Waals surface area contributed by atoms with Crippen LogP contribution in [0.3, 0.4) is 0 Å². The number of para-hydroxylation sites is 6. The average molecular weight is 700 g/mol. The third-order valence-corrected chi connectivity index (χ3v) is 11.1. The molecule has 0 spiro atoms. The zero-order valence-electron chi connectivity index (χ0n) is 29.5. The van der Waals surface area contributed by atoms with Crippen molar-refractivity contribution in [1.29, 1.82) is 5.26 Å². The standard InChI is InChI=1S/C50H29N5/c1-52-33-26-27-34(32(30-33)31-51)41-28-29-48(53-42-20-8-2-14-35(42)36-15-3-9-21-43(36)53)50(55-46-24-12-6-18-39(46)40-19-7-13-25-47(40)55)49(41)54-44-22-10-4-16-37(44)38-17-5-11-23-45(38)54/h2-30H. The molecule has 0 radical (unpaired) electrons. The molecule has 11 rings (SSSR count). The lowest BCUT2D eigenvalue weighted by Crippen LogP contribution is -2.11. The van der Waals surface area contributed by atoms with E-state index in [-0.39, 0.29) is 0 Å². The molecular formula is C50H29N5. The van der Waals surface area contributed by atoms with E-state index in [1.54, 1.807) is 6.07 Å². The molecule has 8 aromatic carbocycles. The molecule has 0 amide bonds. The Hall–Kier alpha value is -7.86. The van der Waals surface area contributed by atoms with E-state index in [1.807, 2.05) is 12.1 Å². The first kappa shape index (κ1) is 30.7. The minimum absolute atomic E-state index is 0.434. The third-order valence-electron chi connectivity index (χ3n) is 11.1. The topological polar surface area (TPSA) is 42.9 Å². The third kappa shape index (κ3) is 4.33.